The zero-order valence-corrected chi connectivity index (χ0v) is 11.9. The van der Waals surface area contributed by atoms with E-state index in [9.17, 15) is 0 Å². The number of hydrogen-bond acceptors (Lipinski definition) is 2. The Balaban J connectivity index is 1.83. The molecule has 19 heavy (non-hydrogen) atoms. The number of aryl methyl sites for hydroxylation is 2. The van der Waals surface area contributed by atoms with Crippen molar-refractivity contribution in [2.45, 2.75) is 32.9 Å². The maximum atomic E-state index is 6.07. The molecule has 0 aliphatic carbocycles. The predicted octanol–water partition coefficient (Wildman–Crippen LogP) is 3.51. The standard InChI is InChI=1S/C15H18ClN3/c1-2-19-11-12(9-17-19)10-18-7-3-4-13-8-14(16)5-6-15(13)18/h5-6,8-9,11H,2-4,7,10H2,1H3. The summed E-state index contributed by atoms with van der Waals surface area (Å²) in [6.07, 6.45) is 6.41. The molecule has 1 aromatic carbocycles. The van der Waals surface area contributed by atoms with Crippen LogP contribution < -0.4 is 4.90 Å². The van der Waals surface area contributed by atoms with Crippen LogP contribution in [0, 0.1) is 0 Å². The van der Waals surface area contributed by atoms with Gasteiger partial charge >= 0.3 is 0 Å². The highest BCUT2D eigenvalue weighted by molar-refractivity contribution is 6.30. The van der Waals surface area contributed by atoms with Gasteiger partial charge in [-0.3, -0.25) is 4.68 Å². The van der Waals surface area contributed by atoms with Gasteiger partial charge in [0.2, 0.25) is 0 Å². The second kappa shape index (κ2) is 5.25. The number of nitrogens with zero attached hydrogens (tertiary/aromatic N) is 3. The average Bonchev–Trinajstić information content (AvgIpc) is 2.86. The van der Waals surface area contributed by atoms with Crippen molar-refractivity contribution in [3.63, 3.8) is 0 Å². The summed E-state index contributed by atoms with van der Waals surface area (Å²) in [6.45, 7) is 5.06. The van der Waals surface area contributed by atoms with Gasteiger partial charge in [-0.1, -0.05) is 11.6 Å². The molecule has 0 N–H and O–H groups in total. The number of halogens is 1. The first-order valence-corrected chi connectivity index (χ1v) is 7.19. The van der Waals surface area contributed by atoms with Crippen molar-refractivity contribution < 1.29 is 0 Å². The molecule has 0 radical (unpaired) electrons. The Morgan fingerprint density at radius 3 is 3.05 bits per heavy atom. The lowest BCUT2D eigenvalue weighted by molar-refractivity contribution is 0.657. The van der Waals surface area contributed by atoms with Crippen LogP contribution in [0.2, 0.25) is 5.02 Å². The molecule has 4 heteroatoms. The van der Waals surface area contributed by atoms with Crippen molar-refractivity contribution in [1.29, 1.82) is 0 Å². The molecular formula is C15H18ClN3. The lowest BCUT2D eigenvalue weighted by Crippen LogP contribution is -2.28. The van der Waals surface area contributed by atoms with Crippen LogP contribution in [0.25, 0.3) is 0 Å². The van der Waals surface area contributed by atoms with Crippen LogP contribution in [0.4, 0.5) is 5.69 Å². The van der Waals surface area contributed by atoms with E-state index >= 15 is 0 Å². The summed E-state index contributed by atoms with van der Waals surface area (Å²) in [5, 5.41) is 5.17. The second-order valence-electron chi connectivity index (χ2n) is 5.00. The number of rotatable bonds is 3. The Labute approximate surface area is 118 Å². The maximum Gasteiger partial charge on any atom is 0.0539 e. The van der Waals surface area contributed by atoms with Gasteiger partial charge in [-0.25, -0.2) is 0 Å². The maximum absolute atomic E-state index is 6.07. The first-order valence-electron chi connectivity index (χ1n) is 6.81. The minimum atomic E-state index is 0.833. The summed E-state index contributed by atoms with van der Waals surface area (Å²) in [6, 6.07) is 6.22. The summed E-state index contributed by atoms with van der Waals surface area (Å²) in [5.74, 6) is 0. The molecule has 1 aliphatic heterocycles. The van der Waals surface area contributed by atoms with E-state index < -0.39 is 0 Å². The van der Waals surface area contributed by atoms with Crippen molar-refractivity contribution in [1.82, 2.24) is 9.78 Å². The Bertz CT molecular complexity index is 577. The topological polar surface area (TPSA) is 21.1 Å². The number of fused-ring (bicyclic) bond motifs is 1. The van der Waals surface area contributed by atoms with Gasteiger partial charge in [0, 0.05) is 42.1 Å². The third-order valence-corrected chi connectivity index (χ3v) is 3.88. The van der Waals surface area contributed by atoms with E-state index in [1.807, 2.05) is 16.9 Å². The van der Waals surface area contributed by atoms with E-state index in [-0.39, 0.29) is 0 Å². The smallest absolute Gasteiger partial charge is 0.0539 e. The predicted molar refractivity (Wildman–Crippen MR) is 78.7 cm³/mol. The molecule has 2 heterocycles. The van der Waals surface area contributed by atoms with Crippen LogP contribution in [0.3, 0.4) is 0 Å². The zero-order valence-electron chi connectivity index (χ0n) is 11.1. The van der Waals surface area contributed by atoms with Crippen LogP contribution >= 0.6 is 11.6 Å². The average molecular weight is 276 g/mol. The Hall–Kier alpha value is -1.48. The van der Waals surface area contributed by atoms with Gasteiger partial charge in [0.1, 0.15) is 0 Å². The molecule has 0 bridgehead atoms. The van der Waals surface area contributed by atoms with Gasteiger partial charge in [0.05, 0.1) is 6.20 Å². The van der Waals surface area contributed by atoms with E-state index in [0.717, 1.165) is 31.1 Å². The fraction of sp³-hybridized carbons (Fsp3) is 0.400. The van der Waals surface area contributed by atoms with E-state index in [1.165, 1.54) is 23.2 Å². The zero-order chi connectivity index (χ0) is 13.2. The number of aromatic nitrogens is 2. The van der Waals surface area contributed by atoms with Gasteiger partial charge in [0.15, 0.2) is 0 Å². The third-order valence-electron chi connectivity index (χ3n) is 3.64. The minimum absolute atomic E-state index is 0.833. The fourth-order valence-electron chi connectivity index (χ4n) is 2.69. The second-order valence-corrected chi connectivity index (χ2v) is 5.44. The quantitative estimate of drug-likeness (QED) is 0.855. The molecule has 0 atom stereocenters. The summed E-state index contributed by atoms with van der Waals surface area (Å²) in [5.41, 5.74) is 3.95. The Morgan fingerprint density at radius 1 is 1.37 bits per heavy atom. The van der Waals surface area contributed by atoms with Crippen LogP contribution in [0.1, 0.15) is 24.5 Å². The van der Waals surface area contributed by atoms with Crippen molar-refractivity contribution in [2.24, 2.45) is 0 Å². The van der Waals surface area contributed by atoms with Gasteiger partial charge in [-0.15, -0.1) is 0 Å². The minimum Gasteiger partial charge on any atom is -0.367 e. The number of hydrogen-bond donors (Lipinski definition) is 0. The van der Waals surface area contributed by atoms with Crippen molar-refractivity contribution in [3.05, 3.63) is 46.7 Å². The third kappa shape index (κ3) is 2.61. The van der Waals surface area contributed by atoms with Crippen LogP contribution in [0.5, 0.6) is 0 Å². The molecule has 100 valence electrons. The van der Waals surface area contributed by atoms with E-state index in [2.05, 4.69) is 35.3 Å². The summed E-state index contributed by atoms with van der Waals surface area (Å²) in [4.78, 5) is 2.42. The first-order chi connectivity index (χ1) is 9.26. The highest BCUT2D eigenvalue weighted by atomic mass is 35.5. The molecule has 0 fully saturated rings. The molecule has 0 saturated carbocycles. The lowest BCUT2D eigenvalue weighted by atomic mass is 10.0. The summed E-state index contributed by atoms with van der Waals surface area (Å²) in [7, 11) is 0. The molecule has 1 aliphatic rings. The summed E-state index contributed by atoms with van der Waals surface area (Å²) >= 11 is 6.07. The summed E-state index contributed by atoms with van der Waals surface area (Å²) < 4.78 is 1.97. The van der Waals surface area contributed by atoms with Crippen molar-refractivity contribution >= 4 is 17.3 Å². The van der Waals surface area contributed by atoms with Gasteiger partial charge in [0.25, 0.3) is 0 Å². The van der Waals surface area contributed by atoms with E-state index in [0.29, 0.717) is 0 Å². The highest BCUT2D eigenvalue weighted by Gasteiger charge is 2.17. The molecule has 2 aromatic rings. The monoisotopic (exact) mass is 275 g/mol. The van der Waals surface area contributed by atoms with Gasteiger partial charge in [-0.2, -0.15) is 5.10 Å². The van der Waals surface area contributed by atoms with Crippen LogP contribution in [0.15, 0.2) is 30.6 Å². The Kier molecular flexibility index (Phi) is 3.47. The molecule has 3 rings (SSSR count). The van der Waals surface area contributed by atoms with E-state index in [4.69, 9.17) is 11.6 Å². The largest absolute Gasteiger partial charge is 0.367 e. The molecule has 3 nitrogen and oxygen atoms in total. The van der Waals surface area contributed by atoms with Crippen molar-refractivity contribution in [2.75, 3.05) is 11.4 Å². The normalized spacial score (nSPS) is 14.5. The molecule has 0 saturated heterocycles. The van der Waals surface area contributed by atoms with Gasteiger partial charge < -0.3 is 4.90 Å². The highest BCUT2D eigenvalue weighted by Crippen LogP contribution is 2.30. The molecule has 1 aromatic heterocycles. The molecular weight excluding hydrogens is 258 g/mol. The fourth-order valence-corrected chi connectivity index (χ4v) is 2.88. The molecule has 0 spiro atoms. The van der Waals surface area contributed by atoms with E-state index in [1.54, 1.807) is 0 Å². The molecule has 0 amide bonds. The van der Waals surface area contributed by atoms with Crippen LogP contribution in [-0.2, 0) is 19.5 Å². The van der Waals surface area contributed by atoms with Gasteiger partial charge in [-0.05, 0) is 43.5 Å². The number of benzene rings is 1. The Morgan fingerprint density at radius 2 is 2.26 bits per heavy atom. The van der Waals surface area contributed by atoms with Crippen molar-refractivity contribution in [3.8, 4) is 0 Å². The SMILES string of the molecule is CCn1cc(CN2CCCc3cc(Cl)ccc32)cn1. The number of anilines is 1. The van der Waals surface area contributed by atoms with Crippen LogP contribution in [-0.4, -0.2) is 16.3 Å². The molecule has 0 unspecified atom stereocenters. The first kappa shape index (κ1) is 12.5. The lowest BCUT2D eigenvalue weighted by Gasteiger charge is -2.31.